The maximum absolute atomic E-state index is 12.3. The highest BCUT2D eigenvalue weighted by Gasteiger charge is 2.27. The molecule has 0 bridgehead atoms. The van der Waals surface area contributed by atoms with E-state index in [0.717, 1.165) is 30.5 Å². The average Bonchev–Trinajstić information content (AvgIpc) is 2.86. The normalized spacial score (nSPS) is 19.1. The third-order valence-electron chi connectivity index (χ3n) is 3.35. The van der Waals surface area contributed by atoms with Crippen molar-refractivity contribution >= 4 is 17.1 Å². The van der Waals surface area contributed by atoms with Gasteiger partial charge in [-0.05, 0) is 18.4 Å². The molecule has 1 aliphatic carbocycles. The highest BCUT2D eigenvalue weighted by atomic mass is 32.1. The minimum Gasteiger partial charge on any atom is -0.294 e. The summed E-state index contributed by atoms with van der Waals surface area (Å²) in [6.45, 7) is 0. The molecule has 17 heavy (non-hydrogen) atoms. The number of ketones is 1. The van der Waals surface area contributed by atoms with Crippen LogP contribution in [0.2, 0.25) is 0 Å². The van der Waals surface area contributed by atoms with Gasteiger partial charge in [0.1, 0.15) is 0 Å². The van der Waals surface area contributed by atoms with Crippen molar-refractivity contribution in [3.05, 3.63) is 52.0 Å². The Bertz CT molecular complexity index is 533. The number of Topliss-reactive ketones (excluding diaryl/α,β-unsaturated/α-hetero) is 1. The van der Waals surface area contributed by atoms with Gasteiger partial charge < -0.3 is 0 Å². The molecule has 3 rings (SSSR count). The van der Waals surface area contributed by atoms with E-state index in [-0.39, 0.29) is 5.92 Å². The first-order chi connectivity index (χ1) is 8.34. The lowest BCUT2D eigenvalue weighted by molar-refractivity contribution is 0.0900. The number of carbonyl (C=O) groups is 1. The second-order valence-electron chi connectivity index (χ2n) is 4.44. The molecular formula is C14H13NOS. The number of benzene rings is 1. The molecule has 0 aliphatic heterocycles. The Balaban J connectivity index is 1.84. The molecule has 1 heterocycles. The van der Waals surface area contributed by atoms with Gasteiger partial charge in [-0.2, -0.15) is 0 Å². The summed E-state index contributed by atoms with van der Waals surface area (Å²) < 4.78 is 0. The van der Waals surface area contributed by atoms with E-state index in [9.17, 15) is 4.79 Å². The molecule has 2 aromatic rings. The number of aryl methyl sites for hydroxylation is 1. The summed E-state index contributed by atoms with van der Waals surface area (Å²) in [5.41, 5.74) is 5.00. The van der Waals surface area contributed by atoms with Gasteiger partial charge in [0, 0.05) is 23.3 Å². The first-order valence-corrected chi connectivity index (χ1v) is 6.78. The lowest BCUT2D eigenvalue weighted by Gasteiger charge is -2.22. The molecule has 1 unspecified atom stereocenters. The van der Waals surface area contributed by atoms with E-state index in [4.69, 9.17) is 0 Å². The summed E-state index contributed by atoms with van der Waals surface area (Å²) in [5, 5.41) is 2.04. The first-order valence-electron chi connectivity index (χ1n) is 5.84. The minimum absolute atomic E-state index is 0.118. The minimum atomic E-state index is 0.118. The van der Waals surface area contributed by atoms with Crippen molar-refractivity contribution in [3.8, 4) is 0 Å². The molecule has 0 N–H and O–H groups in total. The third-order valence-corrected chi connectivity index (χ3v) is 3.99. The topological polar surface area (TPSA) is 30.0 Å². The fourth-order valence-corrected chi connectivity index (χ4v) is 3.02. The van der Waals surface area contributed by atoms with E-state index in [2.05, 4.69) is 11.1 Å². The van der Waals surface area contributed by atoms with Gasteiger partial charge in [-0.25, -0.2) is 4.98 Å². The Kier molecular flexibility index (Phi) is 2.77. The third kappa shape index (κ3) is 2.03. The summed E-state index contributed by atoms with van der Waals surface area (Å²) in [7, 11) is 0. The molecular weight excluding hydrogens is 230 g/mol. The number of hydrogen-bond donors (Lipinski definition) is 0. The van der Waals surface area contributed by atoms with Gasteiger partial charge in [0.25, 0.3) is 0 Å². The van der Waals surface area contributed by atoms with Crippen molar-refractivity contribution in [1.82, 2.24) is 4.98 Å². The standard InChI is InChI=1S/C14H13NOS/c16-14-11(7-12-8-17-9-15-12)6-5-10-3-1-2-4-13(10)14/h1-4,8-9,11H,5-7H2. The predicted octanol–water partition coefficient (Wildman–Crippen LogP) is 3.13. The Morgan fingerprint density at radius 3 is 3.06 bits per heavy atom. The number of nitrogens with zero attached hydrogens (tertiary/aromatic N) is 1. The van der Waals surface area contributed by atoms with Crippen LogP contribution in [0.25, 0.3) is 0 Å². The quantitative estimate of drug-likeness (QED) is 0.811. The van der Waals surface area contributed by atoms with Gasteiger partial charge in [0.05, 0.1) is 11.2 Å². The maximum atomic E-state index is 12.3. The second-order valence-corrected chi connectivity index (χ2v) is 5.16. The maximum Gasteiger partial charge on any atom is 0.166 e. The summed E-state index contributed by atoms with van der Waals surface area (Å²) in [6, 6.07) is 7.96. The molecule has 1 aromatic heterocycles. The molecule has 1 atom stereocenters. The Morgan fingerprint density at radius 1 is 1.35 bits per heavy atom. The van der Waals surface area contributed by atoms with Crippen LogP contribution in [0.4, 0.5) is 0 Å². The van der Waals surface area contributed by atoms with Crippen molar-refractivity contribution < 1.29 is 4.79 Å². The molecule has 0 saturated carbocycles. The van der Waals surface area contributed by atoms with Crippen LogP contribution in [0.15, 0.2) is 35.2 Å². The smallest absolute Gasteiger partial charge is 0.166 e. The van der Waals surface area contributed by atoms with Gasteiger partial charge in [0.15, 0.2) is 5.78 Å². The lowest BCUT2D eigenvalue weighted by Crippen LogP contribution is -2.24. The summed E-state index contributed by atoms with van der Waals surface area (Å²) in [6.07, 6.45) is 2.75. The number of thiazole rings is 1. The highest BCUT2D eigenvalue weighted by Crippen LogP contribution is 2.27. The number of carbonyl (C=O) groups excluding carboxylic acids is 1. The molecule has 0 fully saturated rings. The molecule has 86 valence electrons. The van der Waals surface area contributed by atoms with Crippen molar-refractivity contribution in [2.24, 2.45) is 5.92 Å². The Hall–Kier alpha value is -1.48. The monoisotopic (exact) mass is 243 g/mol. The summed E-state index contributed by atoms with van der Waals surface area (Å²) in [4.78, 5) is 16.6. The van der Waals surface area contributed by atoms with Crippen molar-refractivity contribution in [2.45, 2.75) is 19.3 Å². The van der Waals surface area contributed by atoms with Crippen LogP contribution in [0, 0.1) is 5.92 Å². The van der Waals surface area contributed by atoms with Gasteiger partial charge in [0.2, 0.25) is 0 Å². The number of rotatable bonds is 2. The number of aromatic nitrogens is 1. The fourth-order valence-electron chi connectivity index (χ4n) is 2.44. The molecule has 2 nitrogen and oxygen atoms in total. The van der Waals surface area contributed by atoms with Gasteiger partial charge in [-0.1, -0.05) is 24.3 Å². The Morgan fingerprint density at radius 2 is 2.24 bits per heavy atom. The molecule has 3 heteroatoms. The fraction of sp³-hybridized carbons (Fsp3) is 0.286. The second kappa shape index (κ2) is 4.41. The van der Waals surface area contributed by atoms with Gasteiger partial charge in [-0.15, -0.1) is 11.3 Å². The van der Waals surface area contributed by atoms with Crippen molar-refractivity contribution in [1.29, 1.82) is 0 Å². The van der Waals surface area contributed by atoms with Crippen LogP contribution in [0.1, 0.15) is 28.0 Å². The van der Waals surface area contributed by atoms with E-state index in [1.54, 1.807) is 11.3 Å². The van der Waals surface area contributed by atoms with Crippen LogP contribution in [-0.4, -0.2) is 10.8 Å². The molecule has 0 spiro atoms. The Labute approximate surface area is 104 Å². The van der Waals surface area contributed by atoms with Crippen LogP contribution < -0.4 is 0 Å². The van der Waals surface area contributed by atoms with Crippen LogP contribution in [0.3, 0.4) is 0 Å². The zero-order chi connectivity index (χ0) is 11.7. The van der Waals surface area contributed by atoms with E-state index in [1.165, 1.54) is 5.56 Å². The van der Waals surface area contributed by atoms with Crippen LogP contribution >= 0.6 is 11.3 Å². The summed E-state index contributed by atoms with van der Waals surface area (Å²) in [5.74, 6) is 0.409. The largest absolute Gasteiger partial charge is 0.294 e. The summed E-state index contributed by atoms with van der Waals surface area (Å²) >= 11 is 1.59. The molecule has 0 saturated heterocycles. The number of hydrogen-bond acceptors (Lipinski definition) is 3. The van der Waals surface area contributed by atoms with Crippen LogP contribution in [0.5, 0.6) is 0 Å². The SMILES string of the molecule is O=C1c2ccccc2CCC1Cc1cscn1. The zero-order valence-corrected chi connectivity index (χ0v) is 10.2. The van der Waals surface area contributed by atoms with Crippen molar-refractivity contribution in [2.75, 3.05) is 0 Å². The zero-order valence-electron chi connectivity index (χ0n) is 9.43. The predicted molar refractivity (Wildman–Crippen MR) is 68.4 cm³/mol. The molecule has 1 aromatic carbocycles. The number of fused-ring (bicyclic) bond motifs is 1. The molecule has 0 amide bonds. The lowest BCUT2D eigenvalue weighted by atomic mass is 9.81. The molecule has 0 radical (unpaired) electrons. The average molecular weight is 243 g/mol. The van der Waals surface area contributed by atoms with E-state index in [1.807, 2.05) is 29.1 Å². The van der Waals surface area contributed by atoms with Gasteiger partial charge >= 0.3 is 0 Å². The molecule has 1 aliphatic rings. The van der Waals surface area contributed by atoms with Crippen LogP contribution in [-0.2, 0) is 12.8 Å². The first kappa shape index (κ1) is 10.7. The van der Waals surface area contributed by atoms with Crippen molar-refractivity contribution in [3.63, 3.8) is 0 Å². The van der Waals surface area contributed by atoms with Gasteiger partial charge in [-0.3, -0.25) is 4.79 Å². The highest BCUT2D eigenvalue weighted by molar-refractivity contribution is 7.07. The van der Waals surface area contributed by atoms with E-state index >= 15 is 0 Å². The van der Waals surface area contributed by atoms with E-state index < -0.39 is 0 Å². The van der Waals surface area contributed by atoms with E-state index in [0.29, 0.717) is 5.78 Å².